The topological polar surface area (TPSA) is 62.6 Å². The fourth-order valence-corrected chi connectivity index (χ4v) is 2.96. The van der Waals surface area contributed by atoms with Crippen molar-refractivity contribution in [2.45, 2.75) is 6.54 Å². The maximum atomic E-state index is 12.6. The van der Waals surface area contributed by atoms with Gasteiger partial charge in [-0.3, -0.25) is 9.59 Å². The van der Waals surface area contributed by atoms with Gasteiger partial charge in [-0.2, -0.15) is 0 Å². The smallest absolute Gasteiger partial charge is 0.247 e. The van der Waals surface area contributed by atoms with Crippen molar-refractivity contribution < 1.29 is 14.0 Å². The van der Waals surface area contributed by atoms with Crippen LogP contribution in [0.4, 0.5) is 5.69 Å². The highest BCUT2D eigenvalue weighted by Crippen LogP contribution is 2.12. The zero-order chi connectivity index (χ0) is 18.2. The molecule has 1 aromatic carbocycles. The lowest BCUT2D eigenvalue weighted by Gasteiger charge is -2.19. The summed E-state index contributed by atoms with van der Waals surface area (Å²) >= 11 is 1.54. The molecule has 0 spiro atoms. The maximum absolute atomic E-state index is 12.6. The fourth-order valence-electron chi connectivity index (χ4n) is 2.34. The summed E-state index contributed by atoms with van der Waals surface area (Å²) in [6.45, 7) is 0.159. The second kappa shape index (κ2) is 8.82. The number of hydrogen-bond acceptors (Lipinski definition) is 4. The lowest BCUT2D eigenvalue weighted by molar-refractivity contribution is -0.131. The van der Waals surface area contributed by atoms with Crippen LogP contribution >= 0.6 is 11.3 Å². The molecule has 0 unspecified atom stereocenters. The zero-order valence-corrected chi connectivity index (χ0v) is 14.8. The number of benzene rings is 1. The third-order valence-corrected chi connectivity index (χ3v) is 4.40. The van der Waals surface area contributed by atoms with Crippen LogP contribution in [0.15, 0.2) is 76.7 Å². The minimum Gasteiger partial charge on any atom is -0.467 e. The van der Waals surface area contributed by atoms with Crippen LogP contribution in [-0.4, -0.2) is 23.3 Å². The van der Waals surface area contributed by atoms with Crippen molar-refractivity contribution in [3.63, 3.8) is 0 Å². The standard InChI is InChI=1S/C20H18N2O3S/c23-19(21-16-6-2-1-3-7-16)15-22(14-17-8-4-12-25-17)20(24)11-10-18-9-5-13-26-18/h1-13H,14-15H2,(H,21,23). The van der Waals surface area contributed by atoms with Gasteiger partial charge in [0.25, 0.3) is 0 Å². The van der Waals surface area contributed by atoms with E-state index in [-0.39, 0.29) is 24.9 Å². The number of hydrogen-bond donors (Lipinski definition) is 1. The molecule has 0 aliphatic heterocycles. The number of nitrogens with one attached hydrogen (secondary N) is 1. The molecule has 26 heavy (non-hydrogen) atoms. The molecule has 5 nitrogen and oxygen atoms in total. The van der Waals surface area contributed by atoms with E-state index in [1.165, 1.54) is 11.0 Å². The first-order chi connectivity index (χ1) is 12.7. The van der Waals surface area contributed by atoms with E-state index in [0.29, 0.717) is 11.4 Å². The SMILES string of the molecule is O=C(CN(Cc1ccco1)C(=O)C=Cc1cccs1)Nc1ccccc1. The van der Waals surface area contributed by atoms with Gasteiger partial charge in [-0.25, -0.2) is 0 Å². The molecular formula is C20H18N2O3S. The number of nitrogens with zero attached hydrogens (tertiary/aromatic N) is 1. The Morgan fingerprint density at radius 3 is 2.62 bits per heavy atom. The molecular weight excluding hydrogens is 348 g/mol. The molecule has 3 rings (SSSR count). The first kappa shape index (κ1) is 17.7. The van der Waals surface area contributed by atoms with Gasteiger partial charge < -0.3 is 14.6 Å². The summed E-state index contributed by atoms with van der Waals surface area (Å²) in [5.74, 6) is 0.106. The summed E-state index contributed by atoms with van der Waals surface area (Å²) in [4.78, 5) is 27.3. The average Bonchev–Trinajstić information content (AvgIpc) is 3.34. The number of carbonyl (C=O) groups is 2. The molecule has 6 heteroatoms. The molecule has 132 valence electrons. The lowest BCUT2D eigenvalue weighted by atomic mass is 10.3. The van der Waals surface area contributed by atoms with Gasteiger partial charge in [-0.15, -0.1) is 11.3 Å². The largest absolute Gasteiger partial charge is 0.467 e. The summed E-state index contributed by atoms with van der Waals surface area (Å²) < 4.78 is 5.32. The van der Waals surface area contributed by atoms with Crippen molar-refractivity contribution in [2.24, 2.45) is 0 Å². The highest BCUT2D eigenvalue weighted by atomic mass is 32.1. The predicted octanol–water partition coefficient (Wildman–Crippen LogP) is 4.02. The number of amides is 2. The summed E-state index contributed by atoms with van der Waals surface area (Å²) in [6.07, 6.45) is 4.77. The van der Waals surface area contributed by atoms with Crippen LogP contribution < -0.4 is 5.32 Å². The van der Waals surface area contributed by atoms with Crippen LogP contribution in [-0.2, 0) is 16.1 Å². The fraction of sp³-hybridized carbons (Fsp3) is 0.100. The van der Waals surface area contributed by atoms with E-state index >= 15 is 0 Å². The van der Waals surface area contributed by atoms with Crippen molar-refractivity contribution in [3.05, 3.63) is 83.0 Å². The number of furan rings is 1. The van der Waals surface area contributed by atoms with Crippen molar-refractivity contribution >= 4 is 34.9 Å². The molecule has 1 N–H and O–H groups in total. The molecule has 0 radical (unpaired) electrons. The van der Waals surface area contributed by atoms with Crippen LogP contribution in [0.25, 0.3) is 6.08 Å². The monoisotopic (exact) mass is 366 g/mol. The molecule has 0 aliphatic carbocycles. The minimum absolute atomic E-state index is 0.0663. The van der Waals surface area contributed by atoms with E-state index in [9.17, 15) is 9.59 Å². The van der Waals surface area contributed by atoms with Crippen LogP contribution in [0.1, 0.15) is 10.6 Å². The zero-order valence-electron chi connectivity index (χ0n) is 14.0. The summed E-state index contributed by atoms with van der Waals surface area (Å²) in [6, 6.07) is 16.5. The van der Waals surface area contributed by atoms with E-state index in [4.69, 9.17) is 4.42 Å². The van der Waals surface area contributed by atoms with Gasteiger partial charge in [0.2, 0.25) is 11.8 Å². The molecule has 0 fully saturated rings. The van der Waals surface area contributed by atoms with E-state index in [2.05, 4.69) is 5.32 Å². The molecule has 0 aliphatic rings. The van der Waals surface area contributed by atoms with Gasteiger partial charge in [-0.1, -0.05) is 24.3 Å². The third kappa shape index (κ3) is 5.19. The maximum Gasteiger partial charge on any atom is 0.247 e. The molecule has 2 aromatic heterocycles. The molecule has 2 heterocycles. The van der Waals surface area contributed by atoms with Crippen LogP contribution in [0, 0.1) is 0 Å². The Morgan fingerprint density at radius 2 is 1.92 bits per heavy atom. The second-order valence-corrected chi connectivity index (χ2v) is 6.52. The van der Waals surface area contributed by atoms with Crippen molar-refractivity contribution in [2.75, 3.05) is 11.9 Å². The molecule has 0 saturated heterocycles. The highest BCUT2D eigenvalue weighted by Gasteiger charge is 2.17. The highest BCUT2D eigenvalue weighted by molar-refractivity contribution is 7.10. The van der Waals surface area contributed by atoms with Gasteiger partial charge in [0.15, 0.2) is 0 Å². The minimum atomic E-state index is -0.263. The first-order valence-corrected chi connectivity index (χ1v) is 8.96. The van der Waals surface area contributed by atoms with Gasteiger partial charge >= 0.3 is 0 Å². The van der Waals surface area contributed by atoms with E-state index in [0.717, 1.165) is 4.88 Å². The quantitative estimate of drug-likeness (QED) is 0.643. The lowest BCUT2D eigenvalue weighted by Crippen LogP contribution is -2.36. The molecule has 0 bridgehead atoms. The van der Waals surface area contributed by atoms with Gasteiger partial charge in [0.05, 0.1) is 12.8 Å². The third-order valence-electron chi connectivity index (χ3n) is 3.56. The Balaban J connectivity index is 1.68. The Kier molecular flexibility index (Phi) is 6.01. The first-order valence-electron chi connectivity index (χ1n) is 8.08. The Bertz CT molecular complexity index is 856. The van der Waals surface area contributed by atoms with E-state index in [1.807, 2.05) is 35.7 Å². The summed E-state index contributed by atoms with van der Waals surface area (Å²) in [7, 11) is 0. The second-order valence-electron chi connectivity index (χ2n) is 5.54. The number of para-hydroxylation sites is 1. The van der Waals surface area contributed by atoms with Crippen LogP contribution in [0.3, 0.4) is 0 Å². The predicted molar refractivity (Wildman–Crippen MR) is 103 cm³/mol. The molecule has 0 saturated carbocycles. The number of carbonyl (C=O) groups excluding carboxylic acids is 2. The Labute approximate surface area is 155 Å². The summed E-state index contributed by atoms with van der Waals surface area (Å²) in [5.41, 5.74) is 0.692. The molecule has 3 aromatic rings. The van der Waals surface area contributed by atoms with E-state index in [1.54, 1.807) is 47.9 Å². The average molecular weight is 366 g/mol. The Hall–Kier alpha value is -3.12. The molecule has 0 atom stereocenters. The van der Waals surface area contributed by atoms with Crippen molar-refractivity contribution in [1.29, 1.82) is 0 Å². The van der Waals surface area contributed by atoms with Crippen LogP contribution in [0.2, 0.25) is 0 Å². The van der Waals surface area contributed by atoms with Gasteiger partial charge in [-0.05, 0) is 41.8 Å². The Morgan fingerprint density at radius 1 is 1.08 bits per heavy atom. The molecule has 2 amide bonds. The van der Waals surface area contributed by atoms with Crippen molar-refractivity contribution in [3.8, 4) is 0 Å². The normalized spacial score (nSPS) is 10.8. The van der Waals surface area contributed by atoms with E-state index < -0.39 is 0 Å². The van der Waals surface area contributed by atoms with Gasteiger partial charge in [0.1, 0.15) is 12.3 Å². The summed E-state index contributed by atoms with van der Waals surface area (Å²) in [5, 5.41) is 4.73. The van der Waals surface area contributed by atoms with Crippen LogP contribution in [0.5, 0.6) is 0 Å². The van der Waals surface area contributed by atoms with Crippen molar-refractivity contribution in [1.82, 2.24) is 4.90 Å². The van der Waals surface area contributed by atoms with Gasteiger partial charge in [0, 0.05) is 16.6 Å². The number of thiophene rings is 1. The number of rotatable bonds is 7. The number of anilines is 1.